The second-order valence-corrected chi connectivity index (χ2v) is 3.56. The molecule has 1 atom stereocenters. The zero-order valence-corrected chi connectivity index (χ0v) is 7.47. The minimum absolute atomic E-state index is 0.505. The van der Waals surface area contributed by atoms with Gasteiger partial charge in [0, 0.05) is 7.11 Å². The highest BCUT2D eigenvalue weighted by Gasteiger charge is 2.42. The molecule has 1 aliphatic carbocycles. The molecule has 0 aromatic heterocycles. The maximum atomic E-state index is 10.0. The molecular formula is C9H18O2. The molecule has 11 heavy (non-hydrogen) atoms. The molecule has 0 bridgehead atoms. The monoisotopic (exact) mass is 158 g/mol. The Morgan fingerprint density at radius 3 is 2.55 bits per heavy atom. The molecule has 0 radical (unpaired) electrons. The average Bonchev–Trinajstić information content (AvgIpc) is 2.68. The van der Waals surface area contributed by atoms with Crippen LogP contribution in [-0.2, 0) is 4.74 Å². The van der Waals surface area contributed by atoms with Gasteiger partial charge in [-0.1, -0.05) is 13.3 Å². The van der Waals surface area contributed by atoms with Crippen molar-refractivity contribution in [3.63, 3.8) is 0 Å². The summed E-state index contributed by atoms with van der Waals surface area (Å²) >= 11 is 0. The van der Waals surface area contributed by atoms with E-state index >= 15 is 0 Å². The zero-order valence-electron chi connectivity index (χ0n) is 7.47. The molecule has 0 heterocycles. The molecule has 0 aliphatic heterocycles. The van der Waals surface area contributed by atoms with Gasteiger partial charge in [-0.15, -0.1) is 0 Å². The Labute approximate surface area is 68.6 Å². The van der Waals surface area contributed by atoms with Gasteiger partial charge in [-0.25, -0.2) is 0 Å². The predicted octanol–water partition coefficient (Wildman–Crippen LogP) is 1.57. The summed E-state index contributed by atoms with van der Waals surface area (Å²) in [5.41, 5.74) is -0.510. The molecule has 1 fully saturated rings. The number of aliphatic hydroxyl groups is 1. The third-order valence-electron chi connectivity index (χ3n) is 2.41. The minimum Gasteiger partial charge on any atom is -0.387 e. The van der Waals surface area contributed by atoms with Gasteiger partial charge in [0.2, 0.25) is 0 Å². The van der Waals surface area contributed by atoms with Crippen LogP contribution < -0.4 is 0 Å². The number of ether oxygens (including phenoxy) is 1. The first kappa shape index (κ1) is 9.01. The first-order chi connectivity index (χ1) is 5.23. The Morgan fingerprint density at radius 2 is 2.18 bits per heavy atom. The van der Waals surface area contributed by atoms with Crippen molar-refractivity contribution in [3.05, 3.63) is 0 Å². The average molecular weight is 158 g/mol. The van der Waals surface area contributed by atoms with Crippen molar-refractivity contribution in [1.82, 2.24) is 0 Å². The van der Waals surface area contributed by atoms with E-state index in [0.29, 0.717) is 12.5 Å². The summed E-state index contributed by atoms with van der Waals surface area (Å²) in [6.07, 6.45) is 4.28. The van der Waals surface area contributed by atoms with Crippen molar-refractivity contribution in [2.75, 3.05) is 13.7 Å². The summed E-state index contributed by atoms with van der Waals surface area (Å²) in [7, 11) is 1.66. The summed E-state index contributed by atoms with van der Waals surface area (Å²) in [4.78, 5) is 0. The Bertz CT molecular complexity index is 113. The van der Waals surface area contributed by atoms with Gasteiger partial charge < -0.3 is 9.84 Å². The molecule has 66 valence electrons. The van der Waals surface area contributed by atoms with Gasteiger partial charge >= 0.3 is 0 Å². The Kier molecular flexibility index (Phi) is 2.90. The molecular weight excluding hydrogens is 140 g/mol. The molecule has 1 N–H and O–H groups in total. The highest BCUT2D eigenvalue weighted by Crippen LogP contribution is 2.42. The van der Waals surface area contributed by atoms with Crippen LogP contribution in [0.25, 0.3) is 0 Å². The number of rotatable bonds is 5. The standard InChI is InChI=1S/C9H18O2/c1-3-6-9(10,7-11-2)8-4-5-8/h8,10H,3-7H2,1-2H3. The first-order valence-corrected chi connectivity index (χ1v) is 4.44. The van der Waals surface area contributed by atoms with Crippen LogP contribution in [0, 0.1) is 5.92 Å². The quantitative estimate of drug-likeness (QED) is 0.658. The van der Waals surface area contributed by atoms with Crippen LogP contribution >= 0.6 is 0 Å². The lowest BCUT2D eigenvalue weighted by atomic mass is 9.93. The van der Waals surface area contributed by atoms with Crippen molar-refractivity contribution in [2.45, 2.75) is 38.2 Å². The van der Waals surface area contributed by atoms with E-state index in [9.17, 15) is 5.11 Å². The van der Waals surface area contributed by atoms with Crippen molar-refractivity contribution in [1.29, 1.82) is 0 Å². The summed E-state index contributed by atoms with van der Waals surface area (Å²) < 4.78 is 5.01. The van der Waals surface area contributed by atoms with E-state index in [0.717, 1.165) is 12.8 Å². The van der Waals surface area contributed by atoms with Crippen LogP contribution in [-0.4, -0.2) is 24.4 Å². The van der Waals surface area contributed by atoms with Crippen LogP contribution in [0.1, 0.15) is 32.6 Å². The Morgan fingerprint density at radius 1 is 1.55 bits per heavy atom. The Balaban J connectivity index is 2.39. The molecule has 1 unspecified atom stereocenters. The number of hydrogen-bond donors (Lipinski definition) is 1. The molecule has 0 aromatic rings. The van der Waals surface area contributed by atoms with Gasteiger partial charge in [-0.05, 0) is 25.2 Å². The van der Waals surface area contributed by atoms with Crippen LogP contribution in [0.3, 0.4) is 0 Å². The van der Waals surface area contributed by atoms with E-state index in [4.69, 9.17) is 4.74 Å². The second kappa shape index (κ2) is 3.55. The third kappa shape index (κ3) is 2.17. The van der Waals surface area contributed by atoms with E-state index in [2.05, 4.69) is 6.92 Å². The Hall–Kier alpha value is -0.0800. The first-order valence-electron chi connectivity index (χ1n) is 4.44. The molecule has 0 amide bonds. The van der Waals surface area contributed by atoms with Crippen molar-refractivity contribution < 1.29 is 9.84 Å². The smallest absolute Gasteiger partial charge is 0.0907 e. The molecule has 1 aliphatic rings. The molecule has 2 heteroatoms. The summed E-state index contributed by atoms with van der Waals surface area (Å²) in [6, 6.07) is 0. The highest BCUT2D eigenvalue weighted by molar-refractivity contribution is 4.94. The number of hydrogen-bond acceptors (Lipinski definition) is 2. The minimum atomic E-state index is -0.510. The maximum Gasteiger partial charge on any atom is 0.0907 e. The lowest BCUT2D eigenvalue weighted by Crippen LogP contribution is -2.36. The van der Waals surface area contributed by atoms with Crippen molar-refractivity contribution >= 4 is 0 Å². The van der Waals surface area contributed by atoms with Crippen LogP contribution in [0.5, 0.6) is 0 Å². The zero-order chi connectivity index (χ0) is 8.32. The maximum absolute atomic E-state index is 10.0. The third-order valence-corrected chi connectivity index (χ3v) is 2.41. The fraction of sp³-hybridized carbons (Fsp3) is 1.00. The lowest BCUT2D eigenvalue weighted by Gasteiger charge is -2.26. The van der Waals surface area contributed by atoms with Gasteiger partial charge in [0.25, 0.3) is 0 Å². The summed E-state index contributed by atoms with van der Waals surface area (Å²) in [5, 5.41) is 10.0. The molecule has 0 spiro atoms. The molecule has 0 aromatic carbocycles. The van der Waals surface area contributed by atoms with Gasteiger partial charge in [-0.2, -0.15) is 0 Å². The van der Waals surface area contributed by atoms with E-state index in [1.807, 2.05) is 0 Å². The van der Waals surface area contributed by atoms with Gasteiger partial charge in [-0.3, -0.25) is 0 Å². The lowest BCUT2D eigenvalue weighted by molar-refractivity contribution is -0.0541. The van der Waals surface area contributed by atoms with E-state index in [1.54, 1.807) is 7.11 Å². The van der Waals surface area contributed by atoms with E-state index in [1.165, 1.54) is 12.8 Å². The largest absolute Gasteiger partial charge is 0.387 e. The van der Waals surface area contributed by atoms with Crippen LogP contribution in [0.2, 0.25) is 0 Å². The molecule has 0 saturated heterocycles. The van der Waals surface area contributed by atoms with E-state index in [-0.39, 0.29) is 0 Å². The number of methoxy groups -OCH3 is 1. The molecule has 1 saturated carbocycles. The highest BCUT2D eigenvalue weighted by atomic mass is 16.5. The molecule has 1 rings (SSSR count). The van der Waals surface area contributed by atoms with Gasteiger partial charge in [0.05, 0.1) is 12.2 Å². The van der Waals surface area contributed by atoms with Crippen molar-refractivity contribution in [2.24, 2.45) is 5.92 Å². The SMILES string of the molecule is CCCC(O)(COC)C1CC1. The summed E-state index contributed by atoms with van der Waals surface area (Å²) in [6.45, 7) is 2.61. The normalized spacial score (nSPS) is 23.2. The van der Waals surface area contributed by atoms with Gasteiger partial charge in [0.1, 0.15) is 0 Å². The van der Waals surface area contributed by atoms with E-state index < -0.39 is 5.60 Å². The second-order valence-electron chi connectivity index (χ2n) is 3.56. The van der Waals surface area contributed by atoms with Crippen LogP contribution in [0.4, 0.5) is 0 Å². The van der Waals surface area contributed by atoms with Crippen molar-refractivity contribution in [3.8, 4) is 0 Å². The fourth-order valence-electron chi connectivity index (χ4n) is 1.70. The predicted molar refractivity (Wildman–Crippen MR) is 44.5 cm³/mol. The van der Waals surface area contributed by atoms with Gasteiger partial charge in [0.15, 0.2) is 0 Å². The molecule has 2 nitrogen and oxygen atoms in total. The van der Waals surface area contributed by atoms with Crippen LogP contribution in [0.15, 0.2) is 0 Å². The summed E-state index contributed by atoms with van der Waals surface area (Å²) in [5.74, 6) is 0.516. The topological polar surface area (TPSA) is 29.5 Å². The fourth-order valence-corrected chi connectivity index (χ4v) is 1.70.